The molecule has 8 heteroatoms. The number of aromatic nitrogens is 1. The molecule has 0 unspecified atom stereocenters. The van der Waals surface area contributed by atoms with Gasteiger partial charge in [-0.15, -0.1) is 0 Å². The Bertz CT molecular complexity index is 1150. The molecule has 138 valence electrons. The molecule has 0 aliphatic rings. The minimum atomic E-state index is -0.764. The summed E-state index contributed by atoms with van der Waals surface area (Å²) in [6.45, 7) is -0.460. The van der Waals surface area contributed by atoms with E-state index in [1.54, 1.807) is 18.2 Å². The van der Waals surface area contributed by atoms with Crippen LogP contribution in [0.1, 0.15) is 5.56 Å². The number of carbonyl (C=O) groups excluding carboxylic acids is 1. The van der Waals surface area contributed by atoms with E-state index in [-0.39, 0.29) is 0 Å². The summed E-state index contributed by atoms with van der Waals surface area (Å²) in [5.74, 6) is -0.546. The molecule has 0 fully saturated rings. The zero-order chi connectivity index (χ0) is 20.1. The van der Waals surface area contributed by atoms with E-state index in [1.165, 1.54) is 0 Å². The second kappa shape index (κ2) is 7.97. The van der Waals surface area contributed by atoms with Crippen LogP contribution in [-0.2, 0) is 11.3 Å². The summed E-state index contributed by atoms with van der Waals surface area (Å²) < 4.78 is 0.858. The van der Waals surface area contributed by atoms with E-state index >= 15 is 0 Å². The van der Waals surface area contributed by atoms with Crippen molar-refractivity contribution in [1.29, 1.82) is 5.26 Å². The molecule has 1 aromatic heterocycles. The Kier molecular flexibility index (Phi) is 5.28. The maximum absolute atomic E-state index is 12.5. The van der Waals surface area contributed by atoms with Crippen LogP contribution in [0.15, 0.2) is 71.7 Å². The van der Waals surface area contributed by atoms with Gasteiger partial charge in [0.05, 0.1) is 11.1 Å². The predicted molar refractivity (Wildman–Crippen MR) is 103 cm³/mol. The highest BCUT2D eigenvalue weighted by Crippen LogP contribution is 2.27. The largest absolute Gasteiger partial charge is 0.324 e. The van der Waals surface area contributed by atoms with Crippen molar-refractivity contribution < 1.29 is 9.72 Å². The van der Waals surface area contributed by atoms with Gasteiger partial charge in [0.2, 0.25) is 5.91 Å². The third-order valence-electron chi connectivity index (χ3n) is 4.00. The maximum atomic E-state index is 12.5. The van der Waals surface area contributed by atoms with Crippen LogP contribution in [0.2, 0.25) is 0 Å². The van der Waals surface area contributed by atoms with Gasteiger partial charge in [0, 0.05) is 17.3 Å². The highest BCUT2D eigenvalue weighted by atomic mass is 16.6. The molecule has 28 heavy (non-hydrogen) atoms. The number of nitrogens with zero attached hydrogens (tertiary/aromatic N) is 3. The van der Waals surface area contributed by atoms with Crippen LogP contribution >= 0.6 is 0 Å². The average molecular weight is 374 g/mol. The Balaban J connectivity index is 1.89. The number of nitriles is 1. The van der Waals surface area contributed by atoms with Gasteiger partial charge in [0.15, 0.2) is 0 Å². The van der Waals surface area contributed by atoms with E-state index < -0.39 is 34.2 Å². The standard InChI is InChI=1S/C20H14N4O4/c21-11-15-10-16(24(27)28)12-23(20(15)26)13-19(25)22-18-9-5-4-8-17(18)14-6-2-1-3-7-14/h1-10,12H,13H2,(H,22,25). The molecule has 1 heterocycles. The van der Waals surface area contributed by atoms with Crippen molar-refractivity contribution in [3.63, 3.8) is 0 Å². The van der Waals surface area contributed by atoms with Crippen LogP contribution < -0.4 is 10.9 Å². The lowest BCUT2D eigenvalue weighted by Crippen LogP contribution is -2.29. The number of para-hydroxylation sites is 1. The molecule has 0 aliphatic carbocycles. The van der Waals surface area contributed by atoms with Crippen molar-refractivity contribution in [2.45, 2.75) is 6.54 Å². The molecular weight excluding hydrogens is 360 g/mol. The van der Waals surface area contributed by atoms with E-state index in [4.69, 9.17) is 5.26 Å². The van der Waals surface area contributed by atoms with Crippen LogP contribution in [0.4, 0.5) is 11.4 Å². The predicted octanol–water partition coefficient (Wildman–Crippen LogP) is 2.93. The summed E-state index contributed by atoms with van der Waals surface area (Å²) in [7, 11) is 0. The number of hydrogen-bond donors (Lipinski definition) is 1. The quantitative estimate of drug-likeness (QED) is 0.544. The summed E-state index contributed by atoms with van der Waals surface area (Å²) in [5.41, 5.74) is 0.635. The van der Waals surface area contributed by atoms with E-state index in [9.17, 15) is 19.7 Å². The smallest absolute Gasteiger partial charge is 0.287 e. The first kappa shape index (κ1) is 18.5. The molecule has 0 spiro atoms. The first-order valence-electron chi connectivity index (χ1n) is 8.23. The fourth-order valence-electron chi connectivity index (χ4n) is 2.72. The molecule has 2 aromatic carbocycles. The third kappa shape index (κ3) is 3.94. The van der Waals surface area contributed by atoms with Gasteiger partial charge in [-0.1, -0.05) is 48.5 Å². The fourth-order valence-corrected chi connectivity index (χ4v) is 2.72. The molecular formula is C20H14N4O4. The number of carbonyl (C=O) groups is 1. The van der Waals surface area contributed by atoms with Crippen LogP contribution in [0.25, 0.3) is 11.1 Å². The topological polar surface area (TPSA) is 118 Å². The van der Waals surface area contributed by atoms with E-state index in [0.717, 1.165) is 28.0 Å². The normalized spacial score (nSPS) is 10.1. The third-order valence-corrected chi connectivity index (χ3v) is 4.00. The van der Waals surface area contributed by atoms with Crippen LogP contribution in [0.5, 0.6) is 0 Å². The summed E-state index contributed by atoms with van der Waals surface area (Å²) in [5, 5.41) is 22.7. The minimum Gasteiger partial charge on any atom is -0.324 e. The van der Waals surface area contributed by atoms with Crippen molar-refractivity contribution in [2.24, 2.45) is 0 Å². The Morgan fingerprint density at radius 3 is 2.50 bits per heavy atom. The Morgan fingerprint density at radius 1 is 1.14 bits per heavy atom. The minimum absolute atomic E-state index is 0.397. The van der Waals surface area contributed by atoms with Crippen LogP contribution in [0.3, 0.4) is 0 Å². The zero-order valence-electron chi connectivity index (χ0n) is 14.5. The number of benzene rings is 2. The first-order valence-corrected chi connectivity index (χ1v) is 8.23. The molecule has 1 N–H and O–H groups in total. The van der Waals surface area contributed by atoms with Gasteiger partial charge in [-0.3, -0.25) is 24.3 Å². The Hall–Kier alpha value is -4.25. The SMILES string of the molecule is N#Cc1cc([N+](=O)[O-])cn(CC(=O)Nc2ccccc2-c2ccccc2)c1=O. The average Bonchev–Trinajstić information content (AvgIpc) is 2.70. The number of pyridine rings is 1. The van der Waals surface area contributed by atoms with Gasteiger partial charge in [-0.25, -0.2) is 0 Å². The molecule has 8 nitrogen and oxygen atoms in total. The van der Waals surface area contributed by atoms with E-state index in [0.29, 0.717) is 5.69 Å². The highest BCUT2D eigenvalue weighted by Gasteiger charge is 2.16. The monoisotopic (exact) mass is 374 g/mol. The summed E-state index contributed by atoms with van der Waals surface area (Å²) in [6.07, 6.45) is 0.950. The summed E-state index contributed by atoms with van der Waals surface area (Å²) in [6, 6.07) is 19.1. The zero-order valence-corrected chi connectivity index (χ0v) is 14.5. The van der Waals surface area contributed by atoms with E-state index in [1.807, 2.05) is 42.5 Å². The molecule has 3 rings (SSSR count). The van der Waals surface area contributed by atoms with Gasteiger partial charge in [0.1, 0.15) is 18.2 Å². The number of nitro groups is 1. The molecule has 0 saturated carbocycles. The van der Waals surface area contributed by atoms with Gasteiger partial charge in [-0.05, 0) is 11.6 Å². The number of rotatable bonds is 5. The summed E-state index contributed by atoms with van der Waals surface area (Å²) >= 11 is 0. The van der Waals surface area contributed by atoms with Gasteiger partial charge < -0.3 is 5.32 Å². The lowest BCUT2D eigenvalue weighted by molar-refractivity contribution is -0.385. The van der Waals surface area contributed by atoms with Gasteiger partial charge in [0.25, 0.3) is 11.2 Å². The second-order valence-electron chi connectivity index (χ2n) is 5.87. The van der Waals surface area contributed by atoms with Gasteiger partial charge >= 0.3 is 0 Å². The number of nitrogens with one attached hydrogen (secondary N) is 1. The van der Waals surface area contributed by atoms with Crippen molar-refractivity contribution in [3.8, 4) is 17.2 Å². The molecule has 0 atom stereocenters. The maximum Gasteiger partial charge on any atom is 0.287 e. The molecule has 0 radical (unpaired) electrons. The Morgan fingerprint density at radius 2 is 1.82 bits per heavy atom. The lowest BCUT2D eigenvalue weighted by atomic mass is 10.0. The molecule has 3 aromatic rings. The van der Waals surface area contributed by atoms with Crippen LogP contribution in [0, 0.1) is 21.4 Å². The Labute approximate surface area is 159 Å². The van der Waals surface area contributed by atoms with Crippen molar-refractivity contribution >= 4 is 17.3 Å². The second-order valence-corrected chi connectivity index (χ2v) is 5.87. The molecule has 0 aliphatic heterocycles. The van der Waals surface area contributed by atoms with Crippen LogP contribution in [-0.4, -0.2) is 15.4 Å². The van der Waals surface area contributed by atoms with Crippen molar-refractivity contribution in [3.05, 3.63) is 92.9 Å². The number of anilines is 1. The lowest BCUT2D eigenvalue weighted by Gasteiger charge is -2.12. The molecule has 0 bridgehead atoms. The van der Waals surface area contributed by atoms with Crippen molar-refractivity contribution in [1.82, 2.24) is 4.57 Å². The summed E-state index contributed by atoms with van der Waals surface area (Å²) in [4.78, 5) is 34.9. The number of amides is 1. The van der Waals surface area contributed by atoms with Gasteiger partial charge in [-0.2, -0.15) is 5.26 Å². The number of hydrogen-bond acceptors (Lipinski definition) is 5. The molecule has 1 amide bonds. The first-order chi connectivity index (χ1) is 13.5. The van der Waals surface area contributed by atoms with E-state index in [2.05, 4.69) is 5.32 Å². The highest BCUT2D eigenvalue weighted by molar-refractivity contribution is 5.95. The molecule has 0 saturated heterocycles. The fraction of sp³-hybridized carbons (Fsp3) is 0.0500. The van der Waals surface area contributed by atoms with Crippen molar-refractivity contribution in [2.75, 3.05) is 5.32 Å².